The van der Waals surface area contributed by atoms with Gasteiger partial charge in [0, 0.05) is 34.8 Å². The number of aromatic amines is 1. The van der Waals surface area contributed by atoms with E-state index < -0.39 is 0 Å². The number of fused-ring (bicyclic) bond motifs is 1. The molecule has 0 atom stereocenters. The fourth-order valence-electron chi connectivity index (χ4n) is 1.44. The van der Waals surface area contributed by atoms with Crippen LogP contribution in [0.2, 0.25) is 0 Å². The Morgan fingerprint density at radius 2 is 2.12 bits per heavy atom. The molecule has 0 amide bonds. The fraction of sp³-hybridized carbons (Fsp3) is 0.429. The molecule has 0 fully saturated rings. The first kappa shape index (κ1) is 12.0. The Morgan fingerprint density at radius 1 is 1.35 bits per heavy atom. The molecular formula is C14H19N2O. The molecule has 1 aromatic heterocycles. The van der Waals surface area contributed by atoms with Crippen LogP contribution in [0.4, 0.5) is 0 Å². The number of ether oxygens (including phenoxy) is 1. The smallest absolute Gasteiger partial charge is 0.121 e. The van der Waals surface area contributed by atoms with Crippen molar-refractivity contribution < 1.29 is 4.74 Å². The summed E-state index contributed by atoms with van der Waals surface area (Å²) in [4.78, 5) is 5.29. The quantitative estimate of drug-likeness (QED) is 0.876. The van der Waals surface area contributed by atoms with Crippen molar-refractivity contribution in [3.63, 3.8) is 0 Å². The van der Waals surface area contributed by atoms with E-state index >= 15 is 0 Å². The van der Waals surface area contributed by atoms with Crippen LogP contribution in [0.5, 0.6) is 5.75 Å². The number of hydrogen-bond donors (Lipinski definition) is 1. The molecule has 2 rings (SSSR count). The molecule has 17 heavy (non-hydrogen) atoms. The Kier molecular flexibility index (Phi) is 3.11. The predicted octanol–water partition coefficient (Wildman–Crippen LogP) is 2.69. The number of rotatable bonds is 4. The summed E-state index contributed by atoms with van der Waals surface area (Å²) in [5.74, 6) is 0.892. The van der Waals surface area contributed by atoms with Gasteiger partial charge in [0.05, 0.1) is 0 Å². The first-order chi connectivity index (χ1) is 7.99. The molecule has 2 aromatic rings. The van der Waals surface area contributed by atoms with Gasteiger partial charge in [-0.2, -0.15) is 0 Å². The van der Waals surface area contributed by atoms with Gasteiger partial charge in [0.15, 0.2) is 0 Å². The lowest BCUT2D eigenvalue weighted by Gasteiger charge is -2.32. The largest absolute Gasteiger partial charge is 0.492 e. The van der Waals surface area contributed by atoms with Crippen LogP contribution >= 0.6 is 0 Å². The predicted molar refractivity (Wildman–Crippen MR) is 70.4 cm³/mol. The molecular weight excluding hydrogens is 212 g/mol. The van der Waals surface area contributed by atoms with Crippen molar-refractivity contribution in [2.24, 2.45) is 0 Å². The molecule has 3 nitrogen and oxygen atoms in total. The molecule has 3 heteroatoms. The van der Waals surface area contributed by atoms with E-state index in [2.05, 4.69) is 43.9 Å². The molecule has 1 aromatic carbocycles. The molecule has 1 N–H and O–H groups in total. The Bertz CT molecular complexity index is 500. The maximum Gasteiger partial charge on any atom is 0.121 e. The highest BCUT2D eigenvalue weighted by atomic mass is 16.5. The van der Waals surface area contributed by atoms with Gasteiger partial charge in [0.25, 0.3) is 0 Å². The molecule has 0 bridgehead atoms. The molecule has 0 spiro atoms. The van der Waals surface area contributed by atoms with Crippen LogP contribution in [0.1, 0.15) is 13.8 Å². The average molecular weight is 231 g/mol. The second kappa shape index (κ2) is 4.41. The summed E-state index contributed by atoms with van der Waals surface area (Å²) >= 11 is 0. The molecule has 1 heterocycles. The monoisotopic (exact) mass is 231 g/mol. The van der Waals surface area contributed by atoms with Crippen molar-refractivity contribution in [3.8, 4) is 5.75 Å². The van der Waals surface area contributed by atoms with E-state index in [0.29, 0.717) is 6.61 Å². The minimum atomic E-state index is 0.0246. The van der Waals surface area contributed by atoms with Crippen LogP contribution in [-0.2, 0) is 0 Å². The van der Waals surface area contributed by atoms with Crippen LogP contribution in [0.15, 0.2) is 24.4 Å². The topological polar surface area (TPSA) is 28.3 Å². The SMILES string of the molecule is CN(C)C(C)(C)COc1ccc2[c]c[nH]c2c1. The number of nitrogens with zero attached hydrogens (tertiary/aromatic N) is 1. The van der Waals surface area contributed by atoms with Crippen molar-refractivity contribution in [2.75, 3.05) is 20.7 Å². The number of H-pyrrole nitrogens is 1. The third kappa shape index (κ3) is 2.61. The van der Waals surface area contributed by atoms with Gasteiger partial charge in [0.2, 0.25) is 0 Å². The van der Waals surface area contributed by atoms with Gasteiger partial charge in [-0.1, -0.05) is 0 Å². The molecule has 0 unspecified atom stereocenters. The first-order valence-electron chi connectivity index (χ1n) is 5.78. The Balaban J connectivity index is 2.08. The lowest BCUT2D eigenvalue weighted by Crippen LogP contribution is -2.43. The van der Waals surface area contributed by atoms with Gasteiger partial charge in [-0.15, -0.1) is 0 Å². The summed E-state index contributed by atoms with van der Waals surface area (Å²) in [5, 5.41) is 1.09. The van der Waals surface area contributed by atoms with E-state index in [1.807, 2.05) is 24.4 Å². The molecule has 0 saturated carbocycles. The molecule has 0 aliphatic rings. The van der Waals surface area contributed by atoms with Crippen molar-refractivity contribution in [3.05, 3.63) is 30.5 Å². The number of hydrogen-bond acceptors (Lipinski definition) is 2. The minimum Gasteiger partial charge on any atom is -0.492 e. The van der Waals surface area contributed by atoms with Crippen molar-refractivity contribution in [1.82, 2.24) is 9.88 Å². The molecule has 0 aliphatic carbocycles. The van der Waals surface area contributed by atoms with Crippen LogP contribution in [0.25, 0.3) is 10.9 Å². The summed E-state index contributed by atoms with van der Waals surface area (Å²) < 4.78 is 5.83. The van der Waals surface area contributed by atoms with E-state index in [4.69, 9.17) is 4.74 Å². The van der Waals surface area contributed by atoms with Gasteiger partial charge < -0.3 is 14.6 Å². The summed E-state index contributed by atoms with van der Waals surface area (Å²) in [5.41, 5.74) is 1.08. The lowest BCUT2D eigenvalue weighted by atomic mass is 10.1. The van der Waals surface area contributed by atoms with E-state index in [-0.39, 0.29) is 5.54 Å². The zero-order valence-corrected chi connectivity index (χ0v) is 10.9. The van der Waals surface area contributed by atoms with Gasteiger partial charge >= 0.3 is 0 Å². The molecule has 0 saturated heterocycles. The average Bonchev–Trinajstić information content (AvgIpc) is 2.73. The second-order valence-corrected chi connectivity index (χ2v) is 5.14. The first-order valence-corrected chi connectivity index (χ1v) is 5.78. The maximum atomic E-state index is 5.83. The summed E-state index contributed by atoms with van der Waals surface area (Å²) in [6.07, 6.45) is 1.82. The Labute approximate surface area is 102 Å². The number of benzene rings is 1. The van der Waals surface area contributed by atoms with Crippen molar-refractivity contribution in [1.29, 1.82) is 0 Å². The van der Waals surface area contributed by atoms with Gasteiger partial charge in [0.1, 0.15) is 12.4 Å². The van der Waals surface area contributed by atoms with Gasteiger partial charge in [-0.3, -0.25) is 0 Å². The molecule has 91 valence electrons. The summed E-state index contributed by atoms with van der Waals surface area (Å²) in [6, 6.07) is 9.13. The Morgan fingerprint density at radius 3 is 2.82 bits per heavy atom. The third-order valence-corrected chi connectivity index (χ3v) is 3.25. The highest BCUT2D eigenvalue weighted by Crippen LogP contribution is 2.20. The third-order valence-electron chi connectivity index (χ3n) is 3.25. The number of likely N-dealkylation sites (N-methyl/N-ethyl adjacent to an activating group) is 1. The van der Waals surface area contributed by atoms with E-state index in [0.717, 1.165) is 16.7 Å². The van der Waals surface area contributed by atoms with Crippen molar-refractivity contribution >= 4 is 10.9 Å². The van der Waals surface area contributed by atoms with E-state index in [9.17, 15) is 0 Å². The summed E-state index contributed by atoms with van der Waals surface area (Å²) in [7, 11) is 4.12. The van der Waals surface area contributed by atoms with Crippen LogP contribution in [-0.4, -0.2) is 36.1 Å². The maximum absolute atomic E-state index is 5.83. The minimum absolute atomic E-state index is 0.0246. The van der Waals surface area contributed by atoms with Crippen molar-refractivity contribution in [2.45, 2.75) is 19.4 Å². The highest BCUT2D eigenvalue weighted by Gasteiger charge is 2.21. The Hall–Kier alpha value is -1.48. The fourth-order valence-corrected chi connectivity index (χ4v) is 1.44. The zero-order chi connectivity index (χ0) is 12.5. The standard InChI is InChI=1S/C14H19N2O/c1-14(2,16(3)4)10-17-12-6-5-11-7-8-15-13(11)9-12/h5-6,8-9,15H,10H2,1-4H3. The molecule has 1 radical (unpaired) electrons. The number of nitrogens with one attached hydrogen (secondary N) is 1. The van der Waals surface area contributed by atoms with Gasteiger partial charge in [-0.05, 0) is 40.1 Å². The van der Waals surface area contributed by atoms with Crippen LogP contribution in [0, 0.1) is 6.07 Å². The number of aromatic nitrogens is 1. The normalized spacial score (nSPS) is 12.3. The summed E-state index contributed by atoms with van der Waals surface area (Å²) in [6.45, 7) is 4.98. The lowest BCUT2D eigenvalue weighted by molar-refractivity contribution is 0.114. The zero-order valence-electron chi connectivity index (χ0n) is 10.9. The van der Waals surface area contributed by atoms with E-state index in [1.165, 1.54) is 0 Å². The van der Waals surface area contributed by atoms with Crippen LogP contribution < -0.4 is 4.74 Å². The van der Waals surface area contributed by atoms with E-state index in [1.54, 1.807) is 0 Å². The second-order valence-electron chi connectivity index (χ2n) is 5.14. The molecule has 0 aliphatic heterocycles. The van der Waals surface area contributed by atoms with Crippen LogP contribution in [0.3, 0.4) is 0 Å². The highest BCUT2D eigenvalue weighted by molar-refractivity contribution is 5.79. The van der Waals surface area contributed by atoms with Gasteiger partial charge in [-0.25, -0.2) is 0 Å².